The lowest BCUT2D eigenvalue weighted by Crippen LogP contribution is -2.29. The number of hydrogen-bond donors (Lipinski definition) is 1. The minimum Gasteiger partial charge on any atom is -0.481 e. The lowest BCUT2D eigenvalue weighted by molar-refractivity contribution is -0.139. The van der Waals surface area contributed by atoms with Crippen LogP contribution in [-0.4, -0.2) is 31.1 Å². The molecule has 0 aromatic carbocycles. The van der Waals surface area contributed by atoms with E-state index in [1.807, 2.05) is 0 Å². The summed E-state index contributed by atoms with van der Waals surface area (Å²) in [6.07, 6.45) is 1.29. The van der Waals surface area contributed by atoms with E-state index in [0.717, 1.165) is 0 Å². The third kappa shape index (κ3) is 2.37. The summed E-state index contributed by atoms with van der Waals surface area (Å²) in [5.41, 5.74) is -2.50. The van der Waals surface area contributed by atoms with Gasteiger partial charge in [-0.15, -0.1) is 0 Å². The van der Waals surface area contributed by atoms with Crippen LogP contribution in [0, 0.1) is 22.7 Å². The first kappa shape index (κ1) is 15.3. The number of halogens is 4. The third-order valence-corrected chi connectivity index (χ3v) is 4.30. The highest BCUT2D eigenvalue weighted by Gasteiger charge is 2.61. The maximum Gasteiger partial charge on any atom is 0.307 e. The van der Waals surface area contributed by atoms with E-state index in [2.05, 4.69) is 0 Å². The van der Waals surface area contributed by atoms with Crippen molar-refractivity contribution in [3.8, 4) is 0 Å². The van der Waals surface area contributed by atoms with Gasteiger partial charge < -0.3 is 5.11 Å². The second-order valence-corrected chi connectivity index (χ2v) is 5.77. The average molecular weight is 285 g/mol. The molecule has 0 aromatic heterocycles. The Morgan fingerprint density at radius 1 is 1.33 bits per heavy atom. The molecular formula is C12H16ClF3O2. The van der Waals surface area contributed by atoms with Gasteiger partial charge >= 0.3 is 5.97 Å². The molecule has 0 aromatic rings. The summed E-state index contributed by atoms with van der Waals surface area (Å²) in [5, 5.41) is 8.69. The highest BCUT2D eigenvalue weighted by Crippen LogP contribution is 2.60. The molecule has 2 nitrogen and oxygen atoms in total. The smallest absolute Gasteiger partial charge is 0.307 e. The minimum atomic E-state index is -1.97. The van der Waals surface area contributed by atoms with Crippen LogP contribution < -0.4 is 0 Å². The second kappa shape index (κ2) is 5.11. The first-order chi connectivity index (χ1) is 8.26. The van der Waals surface area contributed by atoms with Crippen LogP contribution >= 0.6 is 11.6 Å². The molecule has 0 heterocycles. The lowest BCUT2D eigenvalue weighted by atomic mass is 9.91. The summed E-state index contributed by atoms with van der Waals surface area (Å²) in [4.78, 5) is 10.9. The molecule has 1 aliphatic carbocycles. The first-order valence-corrected chi connectivity index (χ1v) is 5.93. The van der Waals surface area contributed by atoms with E-state index in [-0.39, 0.29) is 5.03 Å². The molecule has 0 saturated heterocycles. The molecule has 104 valence electrons. The molecule has 0 bridgehead atoms. The Morgan fingerprint density at radius 2 is 1.78 bits per heavy atom. The van der Waals surface area contributed by atoms with Crippen LogP contribution in [0.2, 0.25) is 0 Å². The number of alkyl halides is 3. The Labute approximate surface area is 109 Å². The van der Waals surface area contributed by atoms with Crippen LogP contribution in [0.3, 0.4) is 0 Å². The van der Waals surface area contributed by atoms with Gasteiger partial charge in [0.15, 0.2) is 0 Å². The average Bonchev–Trinajstić information content (AvgIpc) is 2.83. The van der Waals surface area contributed by atoms with Crippen molar-refractivity contribution < 1.29 is 23.1 Å². The fourth-order valence-corrected chi connectivity index (χ4v) is 2.38. The number of rotatable bonds is 6. The first-order valence-electron chi connectivity index (χ1n) is 5.55. The van der Waals surface area contributed by atoms with Crippen LogP contribution in [0.4, 0.5) is 13.2 Å². The summed E-state index contributed by atoms with van der Waals surface area (Å²) >= 11 is 5.78. The van der Waals surface area contributed by atoms with Gasteiger partial charge in [0, 0.05) is 5.03 Å². The van der Waals surface area contributed by atoms with Crippen molar-refractivity contribution in [3.63, 3.8) is 0 Å². The normalized spacial score (nSPS) is 27.1. The largest absolute Gasteiger partial charge is 0.481 e. The Hall–Kier alpha value is -0.710. The van der Waals surface area contributed by atoms with Gasteiger partial charge in [0.05, 0.1) is 11.3 Å². The van der Waals surface area contributed by atoms with E-state index in [4.69, 9.17) is 16.7 Å². The van der Waals surface area contributed by atoms with Gasteiger partial charge in [-0.3, -0.25) is 4.79 Å². The number of hydrogen-bond acceptors (Lipinski definition) is 1. The standard InChI is InChI=1S/C12H16ClF3O2/c1-11(2)7(9(11)10(17)18)3-8(13)12(4-14,5-15)6-16/h3,7,9H,4-6H2,1-2H3,(H,17,18)/b8-3-. The number of aliphatic carboxylic acids is 1. The molecule has 0 radical (unpaired) electrons. The Morgan fingerprint density at radius 3 is 2.06 bits per heavy atom. The molecule has 6 heteroatoms. The molecule has 1 N–H and O–H groups in total. The van der Waals surface area contributed by atoms with Gasteiger partial charge in [-0.05, 0) is 11.3 Å². The maximum absolute atomic E-state index is 12.8. The number of carboxylic acids is 1. The number of carboxylic acid groups (broad SMARTS) is 1. The van der Waals surface area contributed by atoms with Crippen molar-refractivity contribution in [3.05, 3.63) is 11.1 Å². The van der Waals surface area contributed by atoms with E-state index in [0.29, 0.717) is 0 Å². The van der Waals surface area contributed by atoms with Crippen molar-refractivity contribution in [2.75, 3.05) is 20.0 Å². The summed E-state index contributed by atoms with van der Waals surface area (Å²) < 4.78 is 38.3. The molecule has 0 aliphatic heterocycles. The van der Waals surface area contributed by atoms with E-state index >= 15 is 0 Å². The summed E-state index contributed by atoms with van der Waals surface area (Å²) in [6, 6.07) is 0. The number of allylic oxidation sites excluding steroid dienone is 2. The topological polar surface area (TPSA) is 37.3 Å². The fourth-order valence-electron chi connectivity index (χ4n) is 2.09. The molecule has 2 unspecified atom stereocenters. The SMILES string of the molecule is CC1(C)C(/C=C(\Cl)C(CF)(CF)CF)C1C(=O)O. The van der Waals surface area contributed by atoms with Crippen molar-refractivity contribution in [1.29, 1.82) is 0 Å². The van der Waals surface area contributed by atoms with Gasteiger partial charge in [0.1, 0.15) is 20.0 Å². The van der Waals surface area contributed by atoms with Crippen molar-refractivity contribution in [1.82, 2.24) is 0 Å². The van der Waals surface area contributed by atoms with Crippen molar-refractivity contribution in [2.24, 2.45) is 22.7 Å². The monoisotopic (exact) mass is 284 g/mol. The zero-order valence-corrected chi connectivity index (χ0v) is 11.0. The highest BCUT2D eigenvalue weighted by atomic mass is 35.5. The molecule has 1 saturated carbocycles. The molecule has 1 fully saturated rings. The molecule has 0 spiro atoms. The molecule has 18 heavy (non-hydrogen) atoms. The van der Waals surface area contributed by atoms with Gasteiger partial charge in [-0.1, -0.05) is 31.5 Å². The van der Waals surface area contributed by atoms with Crippen LogP contribution in [0.25, 0.3) is 0 Å². The summed E-state index contributed by atoms with van der Waals surface area (Å²) in [5.74, 6) is -2.06. The summed E-state index contributed by atoms with van der Waals surface area (Å²) in [6.45, 7) is -0.307. The third-order valence-electron chi connectivity index (χ3n) is 3.78. The van der Waals surface area contributed by atoms with Crippen LogP contribution in [0.1, 0.15) is 13.8 Å². The Kier molecular flexibility index (Phi) is 4.36. The maximum atomic E-state index is 12.8. The molecule has 2 atom stereocenters. The van der Waals surface area contributed by atoms with Gasteiger partial charge in [0.2, 0.25) is 0 Å². The van der Waals surface area contributed by atoms with Crippen LogP contribution in [0.15, 0.2) is 11.1 Å². The van der Waals surface area contributed by atoms with Gasteiger partial charge in [-0.25, -0.2) is 13.2 Å². The van der Waals surface area contributed by atoms with Crippen molar-refractivity contribution >= 4 is 17.6 Å². The van der Waals surface area contributed by atoms with Crippen LogP contribution in [0.5, 0.6) is 0 Å². The second-order valence-electron chi connectivity index (χ2n) is 5.36. The van der Waals surface area contributed by atoms with E-state index in [1.54, 1.807) is 13.8 Å². The van der Waals surface area contributed by atoms with E-state index in [9.17, 15) is 18.0 Å². The van der Waals surface area contributed by atoms with Crippen molar-refractivity contribution in [2.45, 2.75) is 13.8 Å². The molecule has 1 rings (SSSR count). The van der Waals surface area contributed by atoms with E-state index in [1.165, 1.54) is 6.08 Å². The fraction of sp³-hybridized carbons (Fsp3) is 0.750. The Bertz CT molecular complexity index is 356. The van der Waals surface area contributed by atoms with Gasteiger partial charge in [0.25, 0.3) is 0 Å². The zero-order chi connectivity index (χ0) is 14.1. The minimum absolute atomic E-state index is 0.267. The molecular weight excluding hydrogens is 269 g/mol. The number of carbonyl (C=O) groups is 1. The van der Waals surface area contributed by atoms with E-state index < -0.39 is 48.7 Å². The molecule has 1 aliphatic rings. The molecule has 0 amide bonds. The highest BCUT2D eigenvalue weighted by molar-refractivity contribution is 6.30. The van der Waals surface area contributed by atoms with Gasteiger partial charge in [-0.2, -0.15) is 0 Å². The predicted octanol–water partition coefficient (Wildman–Crippen LogP) is 3.36. The predicted molar refractivity (Wildman–Crippen MR) is 62.7 cm³/mol. The van der Waals surface area contributed by atoms with Crippen LogP contribution in [-0.2, 0) is 4.79 Å². The Balaban J connectivity index is 2.94. The lowest BCUT2D eigenvalue weighted by Gasteiger charge is -2.23. The zero-order valence-electron chi connectivity index (χ0n) is 10.2. The summed E-state index contributed by atoms with van der Waals surface area (Å²) in [7, 11) is 0. The quantitative estimate of drug-likeness (QED) is 0.812.